The summed E-state index contributed by atoms with van der Waals surface area (Å²) >= 11 is 0. The molecule has 0 aromatic carbocycles. The van der Waals surface area contributed by atoms with Crippen molar-refractivity contribution in [3.05, 3.63) is 30.1 Å². The molecular formula is C29H40F4N8O. The van der Waals surface area contributed by atoms with E-state index >= 15 is 4.39 Å². The normalized spacial score (nSPS) is 20.5. The number of aliphatic imine (C=N–C) groups is 1. The summed E-state index contributed by atoms with van der Waals surface area (Å²) in [5, 5.41) is 7.78. The lowest BCUT2D eigenvalue weighted by molar-refractivity contribution is -0.173. The van der Waals surface area contributed by atoms with Crippen molar-refractivity contribution in [1.82, 2.24) is 24.5 Å². The predicted octanol–water partition coefficient (Wildman–Crippen LogP) is 6.00. The number of nitrogen functional groups attached to an aromatic ring is 1. The fraction of sp³-hybridized carbons (Fsp3) is 0.586. The number of fused-ring (bicyclic) bond motifs is 1. The topological polar surface area (TPSA) is 106 Å². The zero-order valence-electron chi connectivity index (χ0n) is 25.0. The number of nitrogens with zero attached hydrogens (tertiary/aromatic N) is 6. The van der Waals surface area contributed by atoms with Gasteiger partial charge in [-0.15, -0.1) is 5.10 Å². The van der Waals surface area contributed by atoms with Crippen molar-refractivity contribution >= 4 is 28.7 Å². The Bertz CT molecular complexity index is 1410. The van der Waals surface area contributed by atoms with Crippen LogP contribution >= 0.6 is 0 Å². The number of anilines is 2. The number of hydrogen-bond donors (Lipinski definition) is 2. The second kappa shape index (κ2) is 12.5. The molecule has 0 saturated carbocycles. The Kier molecular flexibility index (Phi) is 9.41. The molecule has 9 nitrogen and oxygen atoms in total. The summed E-state index contributed by atoms with van der Waals surface area (Å²) in [6, 6.07) is 5.42. The lowest BCUT2D eigenvalue weighted by Crippen LogP contribution is -2.68. The lowest BCUT2D eigenvalue weighted by Gasteiger charge is -2.55. The van der Waals surface area contributed by atoms with Gasteiger partial charge >= 0.3 is 6.18 Å². The number of ether oxygens (including phenoxy) is 1. The maximum atomic E-state index is 15.3. The third-order valence-corrected chi connectivity index (χ3v) is 7.88. The number of aromatic nitrogens is 4. The first kappa shape index (κ1) is 31.6. The predicted molar refractivity (Wildman–Crippen MR) is 157 cm³/mol. The van der Waals surface area contributed by atoms with Crippen LogP contribution in [0.1, 0.15) is 53.2 Å². The van der Waals surface area contributed by atoms with Gasteiger partial charge in [0.1, 0.15) is 11.7 Å². The molecule has 0 spiro atoms. The molecule has 3 aromatic rings. The second-order valence-electron chi connectivity index (χ2n) is 11.4. The summed E-state index contributed by atoms with van der Waals surface area (Å²) in [5.74, 6) is 1.05. The van der Waals surface area contributed by atoms with Crippen molar-refractivity contribution in [3.63, 3.8) is 0 Å². The summed E-state index contributed by atoms with van der Waals surface area (Å²) in [5.41, 5.74) is 11.2. The van der Waals surface area contributed by atoms with E-state index in [-0.39, 0.29) is 11.6 Å². The molecule has 13 heteroatoms. The van der Waals surface area contributed by atoms with E-state index in [4.69, 9.17) is 15.5 Å². The number of piperidine rings is 1. The highest BCUT2D eigenvalue weighted by Crippen LogP contribution is 2.36. The molecule has 3 aromatic heterocycles. The quantitative estimate of drug-likeness (QED) is 0.267. The van der Waals surface area contributed by atoms with E-state index in [0.29, 0.717) is 49.4 Å². The second-order valence-corrected chi connectivity index (χ2v) is 11.4. The van der Waals surface area contributed by atoms with Gasteiger partial charge in [0, 0.05) is 37.0 Å². The lowest BCUT2D eigenvalue weighted by atomic mass is 9.81. The minimum absolute atomic E-state index is 0.0526. The van der Waals surface area contributed by atoms with Crippen molar-refractivity contribution in [2.75, 3.05) is 37.4 Å². The summed E-state index contributed by atoms with van der Waals surface area (Å²) in [7, 11) is 0. The van der Waals surface area contributed by atoms with Crippen LogP contribution in [-0.4, -0.2) is 80.4 Å². The maximum Gasteiger partial charge on any atom is 0.388 e. The number of nitrogens with one attached hydrogen (secondary N) is 1. The Balaban J connectivity index is 0.000000612. The zero-order valence-corrected chi connectivity index (χ0v) is 25.0. The summed E-state index contributed by atoms with van der Waals surface area (Å²) in [6.07, 6.45) is -3.25. The Labute approximate surface area is 243 Å². The average Bonchev–Trinajstić information content (AvgIpc) is 3.30. The fourth-order valence-corrected chi connectivity index (χ4v) is 5.21. The molecule has 5 heterocycles. The van der Waals surface area contributed by atoms with E-state index < -0.39 is 18.8 Å². The number of halogens is 4. The van der Waals surface area contributed by atoms with E-state index in [2.05, 4.69) is 39.1 Å². The third-order valence-electron chi connectivity index (χ3n) is 7.88. The van der Waals surface area contributed by atoms with Gasteiger partial charge in [-0.1, -0.05) is 20.8 Å². The number of likely N-dealkylation sites (tertiary alicyclic amines) is 1. The van der Waals surface area contributed by atoms with Crippen LogP contribution in [0.15, 0.2) is 29.4 Å². The van der Waals surface area contributed by atoms with Crippen LogP contribution in [0.2, 0.25) is 0 Å². The number of rotatable bonds is 6. The first-order valence-corrected chi connectivity index (χ1v) is 14.2. The molecular weight excluding hydrogens is 552 g/mol. The van der Waals surface area contributed by atoms with Gasteiger partial charge in [0.25, 0.3) is 0 Å². The minimum Gasteiger partial charge on any atom is -0.382 e. The van der Waals surface area contributed by atoms with Crippen LogP contribution in [-0.2, 0) is 4.74 Å². The zero-order chi connectivity index (χ0) is 30.8. The van der Waals surface area contributed by atoms with Gasteiger partial charge in [-0.2, -0.15) is 18.2 Å². The van der Waals surface area contributed by atoms with E-state index in [1.807, 2.05) is 45.2 Å². The van der Waals surface area contributed by atoms with Crippen LogP contribution in [0.5, 0.6) is 0 Å². The number of pyridine rings is 1. The Morgan fingerprint density at radius 1 is 1.21 bits per heavy atom. The van der Waals surface area contributed by atoms with Gasteiger partial charge in [0.2, 0.25) is 5.95 Å². The van der Waals surface area contributed by atoms with Crippen molar-refractivity contribution in [2.24, 2.45) is 10.9 Å². The summed E-state index contributed by atoms with van der Waals surface area (Å²) in [4.78, 5) is 16.0. The molecule has 0 amide bonds. The highest BCUT2D eigenvalue weighted by atomic mass is 19.4. The minimum atomic E-state index is -3.96. The Hall–Kier alpha value is -3.32. The molecule has 3 N–H and O–H groups in total. The van der Waals surface area contributed by atoms with Crippen molar-refractivity contribution in [3.8, 4) is 11.3 Å². The molecule has 0 aliphatic carbocycles. The molecule has 42 heavy (non-hydrogen) atoms. The third kappa shape index (κ3) is 6.83. The van der Waals surface area contributed by atoms with Crippen molar-refractivity contribution in [2.45, 2.75) is 78.3 Å². The van der Waals surface area contributed by atoms with Crippen molar-refractivity contribution < 1.29 is 22.3 Å². The van der Waals surface area contributed by atoms with Crippen LogP contribution < -0.4 is 11.1 Å². The molecule has 2 fully saturated rings. The first-order valence-electron chi connectivity index (χ1n) is 14.2. The average molecular weight is 593 g/mol. The fourth-order valence-electron chi connectivity index (χ4n) is 5.21. The standard InChI is InChI=1S/C26H35FN8O.C3H5F3/c1-15(2)26(13-36-14-26)34-10-9-22(19(27)12-34)31-25-32-24(28)23-18(8-11-35(23)33-25)21-7-6-20(17(5)30-21)29-16(3)4;1-2-3(4,5)6/h6-8,11,15,19,22H,9-10,12-14H2,1-5H3,(H3,28,31,32,33);2H2,1H3. The van der Waals surface area contributed by atoms with E-state index in [1.165, 1.54) is 0 Å². The van der Waals surface area contributed by atoms with Gasteiger partial charge < -0.3 is 15.8 Å². The maximum absolute atomic E-state index is 15.3. The molecule has 2 saturated heterocycles. The van der Waals surface area contributed by atoms with Crippen molar-refractivity contribution in [1.29, 1.82) is 0 Å². The highest BCUT2D eigenvalue weighted by molar-refractivity contribution is 5.87. The SMILES string of the molecule is CC(C)=Nc1ccc(-c2ccn3nc(NC4CCN(C5(C(C)C)COC5)CC4F)nc(N)c23)nc1C.CCC(F)(F)F. The van der Waals surface area contributed by atoms with Gasteiger partial charge in [-0.25, -0.2) is 8.91 Å². The molecule has 0 bridgehead atoms. The smallest absolute Gasteiger partial charge is 0.382 e. The molecule has 2 aliphatic rings. The van der Waals surface area contributed by atoms with E-state index in [1.54, 1.807) is 4.52 Å². The Morgan fingerprint density at radius 2 is 1.90 bits per heavy atom. The number of aryl methyl sites for hydroxylation is 1. The Morgan fingerprint density at radius 3 is 2.43 bits per heavy atom. The van der Waals surface area contributed by atoms with Crippen LogP contribution in [0.3, 0.4) is 0 Å². The molecule has 5 rings (SSSR count). The molecule has 0 radical (unpaired) electrons. The number of alkyl halides is 4. The van der Waals surface area contributed by atoms with Gasteiger partial charge in [0.05, 0.1) is 41.9 Å². The van der Waals surface area contributed by atoms with E-state index in [0.717, 1.165) is 41.8 Å². The molecule has 2 aliphatic heterocycles. The van der Waals surface area contributed by atoms with Gasteiger partial charge in [-0.05, 0) is 51.3 Å². The number of hydrogen-bond acceptors (Lipinski definition) is 8. The van der Waals surface area contributed by atoms with E-state index in [9.17, 15) is 13.2 Å². The molecule has 230 valence electrons. The summed E-state index contributed by atoms with van der Waals surface area (Å²) in [6.45, 7) is 13.8. The number of nitrogens with two attached hydrogens (primary N) is 1. The van der Waals surface area contributed by atoms with Crippen LogP contribution in [0.25, 0.3) is 16.8 Å². The van der Waals surface area contributed by atoms with Gasteiger partial charge in [0.15, 0.2) is 5.82 Å². The van der Waals surface area contributed by atoms with Crippen LogP contribution in [0.4, 0.5) is 35.0 Å². The van der Waals surface area contributed by atoms with Crippen LogP contribution in [0, 0.1) is 12.8 Å². The summed E-state index contributed by atoms with van der Waals surface area (Å²) < 4.78 is 54.8. The molecule has 2 unspecified atom stereocenters. The molecule has 2 atom stereocenters. The highest BCUT2D eigenvalue weighted by Gasteiger charge is 2.49. The first-order chi connectivity index (χ1) is 19.7. The monoisotopic (exact) mass is 592 g/mol. The van der Waals surface area contributed by atoms with Gasteiger partial charge in [-0.3, -0.25) is 14.9 Å². The largest absolute Gasteiger partial charge is 0.388 e.